The Morgan fingerprint density at radius 2 is 1.71 bits per heavy atom. The fourth-order valence-electron chi connectivity index (χ4n) is 0.720. The molecule has 0 aliphatic heterocycles. The summed E-state index contributed by atoms with van der Waals surface area (Å²) in [5.74, 6) is -0.111. The predicted molar refractivity (Wildman–Crippen MR) is 42.2 cm³/mol. The van der Waals surface area contributed by atoms with Crippen molar-refractivity contribution in [2.24, 2.45) is 0 Å². The molecule has 0 N–H and O–H groups in total. The van der Waals surface area contributed by atoms with E-state index in [0.717, 1.165) is 0 Å². The number of aldehydes is 1. The van der Waals surface area contributed by atoms with Crippen LogP contribution in [0.2, 0.25) is 0 Å². The van der Waals surface area contributed by atoms with Crippen molar-refractivity contribution in [2.45, 2.75) is 0 Å². The van der Waals surface area contributed by atoms with Crippen LogP contribution in [0.3, 0.4) is 0 Å². The number of carbonyl (C=O) groups excluding carboxylic acids is 1. The number of carbonyl (C=O) groups is 1. The summed E-state index contributed by atoms with van der Waals surface area (Å²) in [5.41, 5.74) is 0.371. The van der Waals surface area contributed by atoms with Crippen molar-refractivity contribution in [3.8, 4) is 5.75 Å². The van der Waals surface area contributed by atoms with Gasteiger partial charge in [-0.2, -0.15) is 0 Å². The van der Waals surface area contributed by atoms with Crippen LogP contribution in [0, 0.1) is 0 Å². The van der Waals surface area contributed by atoms with Gasteiger partial charge in [0.25, 0.3) is 10.4 Å². The Kier molecular flexibility index (Phi) is 5.32. The van der Waals surface area contributed by atoms with Gasteiger partial charge in [-0.05, 0) is 24.3 Å². The zero-order valence-corrected chi connectivity index (χ0v) is 10.2. The average Bonchev–Trinajstić information content (AvgIpc) is 2.03. The van der Waals surface area contributed by atoms with Crippen LogP contribution in [0.5, 0.6) is 5.75 Å². The number of hydrogen-bond acceptors (Lipinski definition) is 5. The largest absolute Gasteiger partial charge is 1.00 e. The van der Waals surface area contributed by atoms with Crippen LogP contribution >= 0.6 is 0 Å². The van der Waals surface area contributed by atoms with Gasteiger partial charge in [0.15, 0.2) is 0 Å². The van der Waals surface area contributed by atoms with E-state index in [1.807, 2.05) is 0 Å². The van der Waals surface area contributed by atoms with E-state index in [4.69, 9.17) is 0 Å². The van der Waals surface area contributed by atoms with Crippen molar-refractivity contribution < 1.29 is 51.5 Å². The molecule has 0 atom stereocenters. The summed E-state index contributed by atoms with van der Waals surface area (Å²) in [6.07, 6.45) is 0.593. The summed E-state index contributed by atoms with van der Waals surface area (Å²) in [4.78, 5) is 10.2. The van der Waals surface area contributed by atoms with Crippen LogP contribution in [-0.4, -0.2) is 19.3 Å². The van der Waals surface area contributed by atoms with Gasteiger partial charge in [-0.15, -0.1) is 0 Å². The Labute approximate surface area is 103 Å². The van der Waals surface area contributed by atoms with Gasteiger partial charge in [-0.3, -0.25) is 4.79 Å². The van der Waals surface area contributed by atoms with Gasteiger partial charge in [0.2, 0.25) is 0 Å². The van der Waals surface area contributed by atoms with Crippen molar-refractivity contribution in [1.29, 1.82) is 0 Å². The molecular weight excluding hydrogens is 219 g/mol. The average molecular weight is 224 g/mol. The summed E-state index contributed by atoms with van der Waals surface area (Å²) >= 11 is 0. The molecule has 0 unspecified atom stereocenters. The van der Waals surface area contributed by atoms with Crippen LogP contribution < -0.4 is 33.7 Å². The maximum Gasteiger partial charge on any atom is 1.00 e. The SMILES string of the molecule is O=Cc1ccc(OS(=O)(=O)[O-])cc1.[Na+]. The molecule has 5 nitrogen and oxygen atoms in total. The molecule has 14 heavy (non-hydrogen) atoms. The van der Waals surface area contributed by atoms with Crippen LogP contribution in [0.1, 0.15) is 10.4 Å². The maximum atomic E-state index is 10.2. The van der Waals surface area contributed by atoms with Crippen LogP contribution in [0.4, 0.5) is 0 Å². The molecule has 0 saturated carbocycles. The first-order chi connectivity index (χ1) is 6.01. The minimum Gasteiger partial charge on any atom is -0.716 e. The fraction of sp³-hybridized carbons (Fsp3) is 0. The van der Waals surface area contributed by atoms with E-state index in [2.05, 4.69) is 4.18 Å². The molecule has 1 aromatic rings. The van der Waals surface area contributed by atoms with Crippen LogP contribution in [-0.2, 0) is 10.4 Å². The molecule has 1 rings (SSSR count). The van der Waals surface area contributed by atoms with E-state index in [1.54, 1.807) is 0 Å². The molecule has 7 heteroatoms. The molecule has 0 aliphatic rings. The zero-order chi connectivity index (χ0) is 9.90. The van der Waals surface area contributed by atoms with Crippen molar-refractivity contribution in [2.75, 3.05) is 0 Å². The second-order valence-corrected chi connectivity index (χ2v) is 3.16. The minimum atomic E-state index is -4.74. The molecule has 0 radical (unpaired) electrons. The smallest absolute Gasteiger partial charge is 0.716 e. The Hall–Kier alpha value is -0.400. The molecule has 0 aromatic heterocycles. The third kappa shape index (κ3) is 4.73. The standard InChI is InChI=1S/C7H6O5S.Na/c8-5-6-1-3-7(4-2-6)12-13(9,10)11;/h1-5H,(H,9,10,11);/q;+1/p-1. The fourth-order valence-corrected chi connectivity index (χ4v) is 1.07. The zero-order valence-electron chi connectivity index (χ0n) is 7.34. The van der Waals surface area contributed by atoms with E-state index in [-0.39, 0.29) is 35.3 Å². The van der Waals surface area contributed by atoms with E-state index in [9.17, 15) is 17.8 Å². The van der Waals surface area contributed by atoms with Gasteiger partial charge >= 0.3 is 29.6 Å². The Balaban J connectivity index is 0.00000169. The van der Waals surface area contributed by atoms with E-state index in [1.165, 1.54) is 24.3 Å². The summed E-state index contributed by atoms with van der Waals surface area (Å²) in [6.45, 7) is 0. The monoisotopic (exact) mass is 224 g/mol. The van der Waals surface area contributed by atoms with Crippen LogP contribution in [0.25, 0.3) is 0 Å². The first-order valence-corrected chi connectivity index (χ1v) is 4.55. The third-order valence-electron chi connectivity index (χ3n) is 1.21. The summed E-state index contributed by atoms with van der Waals surface area (Å²) in [7, 11) is -4.74. The molecule has 0 saturated heterocycles. The summed E-state index contributed by atoms with van der Waals surface area (Å²) < 4.78 is 34.3. The molecular formula is C7H5NaO5S. The number of rotatable bonds is 3. The molecule has 70 valence electrons. The van der Waals surface area contributed by atoms with Crippen molar-refractivity contribution in [3.63, 3.8) is 0 Å². The second kappa shape index (κ2) is 5.47. The topological polar surface area (TPSA) is 83.5 Å². The normalized spacial score (nSPS) is 10.1. The molecule has 0 amide bonds. The van der Waals surface area contributed by atoms with Gasteiger partial charge in [0.1, 0.15) is 12.0 Å². The van der Waals surface area contributed by atoms with Crippen molar-refractivity contribution in [1.82, 2.24) is 0 Å². The quantitative estimate of drug-likeness (QED) is 0.242. The third-order valence-corrected chi connectivity index (χ3v) is 1.61. The van der Waals surface area contributed by atoms with E-state index >= 15 is 0 Å². The summed E-state index contributed by atoms with van der Waals surface area (Å²) in [6, 6.07) is 5.12. The van der Waals surface area contributed by atoms with Gasteiger partial charge in [-0.1, -0.05) is 0 Å². The van der Waals surface area contributed by atoms with Gasteiger partial charge in [0.05, 0.1) is 0 Å². The Morgan fingerprint density at radius 1 is 1.21 bits per heavy atom. The predicted octanol–water partition coefficient (Wildman–Crippen LogP) is -2.66. The first-order valence-electron chi connectivity index (χ1n) is 3.22. The Morgan fingerprint density at radius 3 is 2.07 bits per heavy atom. The molecule has 0 aliphatic carbocycles. The summed E-state index contributed by atoms with van der Waals surface area (Å²) in [5, 5.41) is 0. The van der Waals surface area contributed by atoms with Crippen LogP contribution in [0.15, 0.2) is 24.3 Å². The van der Waals surface area contributed by atoms with E-state index in [0.29, 0.717) is 11.8 Å². The molecule has 0 bridgehead atoms. The molecule has 0 heterocycles. The number of benzene rings is 1. The first kappa shape index (κ1) is 13.6. The van der Waals surface area contributed by atoms with Gasteiger partial charge < -0.3 is 8.74 Å². The molecule has 0 spiro atoms. The maximum absolute atomic E-state index is 10.2. The van der Waals surface area contributed by atoms with Crippen molar-refractivity contribution >= 4 is 16.7 Å². The van der Waals surface area contributed by atoms with E-state index < -0.39 is 10.4 Å². The molecule has 0 fully saturated rings. The molecule has 1 aromatic carbocycles. The van der Waals surface area contributed by atoms with Gasteiger partial charge in [-0.25, -0.2) is 8.42 Å². The van der Waals surface area contributed by atoms with Gasteiger partial charge in [0, 0.05) is 5.56 Å². The number of hydrogen-bond donors (Lipinski definition) is 0. The Bertz CT molecular complexity index is 397. The second-order valence-electron chi connectivity index (χ2n) is 2.18. The minimum absolute atomic E-state index is 0. The van der Waals surface area contributed by atoms with Crippen molar-refractivity contribution in [3.05, 3.63) is 29.8 Å².